The second kappa shape index (κ2) is 4.87. The molecule has 0 amide bonds. The first-order chi connectivity index (χ1) is 7.76. The number of rotatable bonds is 6. The van der Waals surface area contributed by atoms with Gasteiger partial charge >= 0.3 is 0 Å². The van der Waals surface area contributed by atoms with Crippen molar-refractivity contribution in [3.8, 4) is 5.75 Å². The van der Waals surface area contributed by atoms with Gasteiger partial charge in [-0.25, -0.2) is 0 Å². The molecule has 2 N–H and O–H groups in total. The highest BCUT2D eigenvalue weighted by Gasteiger charge is 2.28. The maximum Gasteiger partial charge on any atom is 0.159 e. The maximum atomic E-state index is 6.11. The van der Waals surface area contributed by atoms with E-state index in [0.29, 0.717) is 6.04 Å². The van der Waals surface area contributed by atoms with Gasteiger partial charge in [0, 0.05) is 12.6 Å². The van der Waals surface area contributed by atoms with E-state index in [0.717, 1.165) is 31.1 Å². The topological polar surface area (TPSA) is 53.1 Å². The number of aryl methyl sites for hydroxylation is 1. The number of aromatic nitrogens is 2. The van der Waals surface area contributed by atoms with Gasteiger partial charge in [0.15, 0.2) is 5.75 Å². The molecule has 1 heterocycles. The Hall–Kier alpha value is -1.03. The molecule has 1 aromatic heterocycles. The molecule has 4 heteroatoms. The van der Waals surface area contributed by atoms with Crippen molar-refractivity contribution in [3.05, 3.63) is 11.9 Å². The summed E-state index contributed by atoms with van der Waals surface area (Å²) in [6, 6.07) is 0.352. The molecule has 16 heavy (non-hydrogen) atoms. The molecule has 0 bridgehead atoms. The number of hydrogen-bond donors (Lipinski definition) is 1. The van der Waals surface area contributed by atoms with E-state index in [2.05, 4.69) is 12.0 Å². The van der Waals surface area contributed by atoms with Crippen LogP contribution in [0.25, 0.3) is 0 Å². The Bertz CT molecular complexity index is 323. The SMILES string of the molecule is CCn1ncc(OC)c1CCC(N)C1CC1. The van der Waals surface area contributed by atoms with E-state index in [4.69, 9.17) is 10.5 Å². The van der Waals surface area contributed by atoms with Gasteiger partial charge in [-0.3, -0.25) is 4.68 Å². The van der Waals surface area contributed by atoms with Crippen molar-refractivity contribution < 1.29 is 4.74 Å². The van der Waals surface area contributed by atoms with Crippen LogP contribution < -0.4 is 10.5 Å². The van der Waals surface area contributed by atoms with E-state index in [1.165, 1.54) is 18.5 Å². The first-order valence-corrected chi connectivity index (χ1v) is 6.10. The lowest BCUT2D eigenvalue weighted by atomic mass is 10.1. The van der Waals surface area contributed by atoms with Gasteiger partial charge in [-0.1, -0.05) is 0 Å². The summed E-state index contributed by atoms with van der Waals surface area (Å²) in [5, 5.41) is 4.29. The second-order valence-corrected chi connectivity index (χ2v) is 4.52. The Labute approximate surface area is 96.8 Å². The summed E-state index contributed by atoms with van der Waals surface area (Å²) in [6.07, 6.45) is 6.42. The highest BCUT2D eigenvalue weighted by molar-refractivity contribution is 5.25. The van der Waals surface area contributed by atoms with Crippen LogP contribution >= 0.6 is 0 Å². The monoisotopic (exact) mass is 223 g/mol. The van der Waals surface area contributed by atoms with Crippen molar-refractivity contribution in [2.75, 3.05) is 7.11 Å². The van der Waals surface area contributed by atoms with Gasteiger partial charge in [0.1, 0.15) is 0 Å². The zero-order valence-corrected chi connectivity index (χ0v) is 10.1. The predicted molar refractivity (Wildman–Crippen MR) is 63.5 cm³/mol. The van der Waals surface area contributed by atoms with Gasteiger partial charge in [-0.15, -0.1) is 0 Å². The fourth-order valence-corrected chi connectivity index (χ4v) is 2.15. The Kier molecular flexibility index (Phi) is 3.49. The Balaban J connectivity index is 1.97. The standard InChI is InChI=1S/C12H21N3O/c1-3-15-11(12(16-2)8-14-15)7-6-10(13)9-4-5-9/h8-10H,3-7,13H2,1-2H3. The first-order valence-electron chi connectivity index (χ1n) is 6.10. The molecule has 4 nitrogen and oxygen atoms in total. The molecule has 0 radical (unpaired) electrons. The number of ether oxygens (including phenoxy) is 1. The molecule has 1 aliphatic rings. The van der Waals surface area contributed by atoms with E-state index in [9.17, 15) is 0 Å². The third-order valence-electron chi connectivity index (χ3n) is 3.37. The highest BCUT2D eigenvalue weighted by Crippen LogP contribution is 2.33. The molecule has 0 aromatic carbocycles. The fraction of sp³-hybridized carbons (Fsp3) is 0.750. The van der Waals surface area contributed by atoms with Crippen LogP contribution in [0.4, 0.5) is 0 Å². The number of nitrogens with two attached hydrogens (primary N) is 1. The molecule has 1 fully saturated rings. The summed E-state index contributed by atoms with van der Waals surface area (Å²) in [5.41, 5.74) is 7.29. The van der Waals surface area contributed by atoms with Crippen molar-refractivity contribution in [1.82, 2.24) is 9.78 Å². The van der Waals surface area contributed by atoms with Crippen molar-refractivity contribution in [3.63, 3.8) is 0 Å². The first kappa shape index (κ1) is 11.5. The number of hydrogen-bond acceptors (Lipinski definition) is 3. The van der Waals surface area contributed by atoms with E-state index in [-0.39, 0.29) is 0 Å². The Morgan fingerprint density at radius 2 is 2.38 bits per heavy atom. The predicted octanol–water partition coefficient (Wildman–Crippen LogP) is 1.58. The summed E-state index contributed by atoms with van der Waals surface area (Å²) < 4.78 is 7.31. The van der Waals surface area contributed by atoms with Gasteiger partial charge in [-0.05, 0) is 38.5 Å². The van der Waals surface area contributed by atoms with Crippen LogP contribution in [0.5, 0.6) is 5.75 Å². The molecule has 1 unspecified atom stereocenters. The smallest absolute Gasteiger partial charge is 0.159 e. The highest BCUT2D eigenvalue weighted by atomic mass is 16.5. The minimum absolute atomic E-state index is 0.352. The average Bonchev–Trinajstić information content (AvgIpc) is 3.07. The maximum absolute atomic E-state index is 6.11. The summed E-state index contributed by atoms with van der Waals surface area (Å²) in [5.74, 6) is 1.66. The lowest BCUT2D eigenvalue weighted by molar-refractivity contribution is 0.404. The molecular weight excluding hydrogens is 202 g/mol. The van der Waals surface area contributed by atoms with Crippen LogP contribution in [-0.2, 0) is 13.0 Å². The summed E-state index contributed by atoms with van der Waals surface area (Å²) in [7, 11) is 1.70. The number of nitrogens with zero attached hydrogens (tertiary/aromatic N) is 2. The molecule has 1 aliphatic carbocycles. The van der Waals surface area contributed by atoms with Crippen molar-refractivity contribution in [1.29, 1.82) is 0 Å². The van der Waals surface area contributed by atoms with Gasteiger partial charge in [0.25, 0.3) is 0 Å². The average molecular weight is 223 g/mol. The molecule has 2 rings (SSSR count). The van der Waals surface area contributed by atoms with Gasteiger partial charge in [-0.2, -0.15) is 5.10 Å². The van der Waals surface area contributed by atoms with Crippen LogP contribution in [0, 0.1) is 5.92 Å². The molecule has 0 spiro atoms. The molecule has 1 aromatic rings. The summed E-state index contributed by atoms with van der Waals surface area (Å²) >= 11 is 0. The molecule has 0 saturated heterocycles. The largest absolute Gasteiger partial charge is 0.493 e. The van der Waals surface area contributed by atoms with Crippen molar-refractivity contribution >= 4 is 0 Å². The normalized spacial score (nSPS) is 17.4. The molecule has 1 atom stereocenters. The molecule has 90 valence electrons. The minimum atomic E-state index is 0.352. The second-order valence-electron chi connectivity index (χ2n) is 4.52. The Morgan fingerprint density at radius 1 is 1.62 bits per heavy atom. The van der Waals surface area contributed by atoms with E-state index in [1.807, 2.05) is 4.68 Å². The van der Waals surface area contributed by atoms with Crippen LogP contribution in [0.1, 0.15) is 31.9 Å². The zero-order valence-electron chi connectivity index (χ0n) is 10.1. The van der Waals surface area contributed by atoms with Crippen LogP contribution in [0.2, 0.25) is 0 Å². The van der Waals surface area contributed by atoms with E-state index < -0.39 is 0 Å². The number of methoxy groups -OCH3 is 1. The zero-order chi connectivity index (χ0) is 11.5. The minimum Gasteiger partial charge on any atom is -0.493 e. The van der Waals surface area contributed by atoms with Gasteiger partial charge in [0.2, 0.25) is 0 Å². The van der Waals surface area contributed by atoms with E-state index in [1.54, 1.807) is 13.3 Å². The lowest BCUT2D eigenvalue weighted by Gasteiger charge is -2.11. The molecule has 0 aliphatic heterocycles. The van der Waals surface area contributed by atoms with E-state index >= 15 is 0 Å². The third kappa shape index (κ3) is 2.38. The van der Waals surface area contributed by atoms with Crippen LogP contribution in [0.3, 0.4) is 0 Å². The summed E-state index contributed by atoms with van der Waals surface area (Å²) in [4.78, 5) is 0. The quantitative estimate of drug-likeness (QED) is 0.796. The van der Waals surface area contributed by atoms with Gasteiger partial charge in [0.05, 0.1) is 19.0 Å². The van der Waals surface area contributed by atoms with Gasteiger partial charge < -0.3 is 10.5 Å². The Morgan fingerprint density at radius 3 is 2.94 bits per heavy atom. The van der Waals surface area contributed by atoms with Crippen molar-refractivity contribution in [2.24, 2.45) is 11.7 Å². The molecule has 1 saturated carbocycles. The summed E-state index contributed by atoms with van der Waals surface area (Å²) in [6.45, 7) is 2.98. The fourth-order valence-electron chi connectivity index (χ4n) is 2.15. The lowest BCUT2D eigenvalue weighted by Crippen LogP contribution is -2.23. The third-order valence-corrected chi connectivity index (χ3v) is 3.37. The van der Waals surface area contributed by atoms with Crippen LogP contribution in [-0.4, -0.2) is 22.9 Å². The molecular formula is C12H21N3O. The van der Waals surface area contributed by atoms with Crippen molar-refractivity contribution in [2.45, 2.75) is 45.2 Å². The van der Waals surface area contributed by atoms with Crippen LogP contribution in [0.15, 0.2) is 6.20 Å².